The monoisotopic (exact) mass is 480 g/mol. The predicted molar refractivity (Wildman–Crippen MR) is 129 cm³/mol. The van der Waals surface area contributed by atoms with Crippen LogP contribution in [0.2, 0.25) is 0 Å². The molecule has 2 aromatic heterocycles. The van der Waals surface area contributed by atoms with E-state index in [2.05, 4.69) is 15.3 Å². The molecule has 3 heterocycles. The molecule has 5 rings (SSSR count). The number of carbonyl (C=O) groups is 3. The first-order valence-electron chi connectivity index (χ1n) is 10.5. The summed E-state index contributed by atoms with van der Waals surface area (Å²) >= 11 is 2.89. The Bertz CT molecular complexity index is 1410. The fourth-order valence-electron chi connectivity index (χ4n) is 3.86. The number of hydrogen-bond acceptors (Lipinski definition) is 8. The van der Waals surface area contributed by atoms with Gasteiger partial charge in [0.25, 0.3) is 0 Å². The number of hydrogen-bond donors (Lipinski definition) is 1. The lowest BCUT2D eigenvalue weighted by atomic mass is 10.1. The zero-order chi connectivity index (χ0) is 23.1. The highest BCUT2D eigenvalue weighted by Gasteiger charge is 2.35. The summed E-state index contributed by atoms with van der Waals surface area (Å²) < 4.78 is 6.87. The SMILES string of the molecule is CCOC(=O)c1ccc2nc(NC(=O)C3CC(=O)N(c4ccc5sc(C)nc5c4)C3)sc2c1. The van der Waals surface area contributed by atoms with Crippen molar-refractivity contribution in [3.63, 3.8) is 0 Å². The third kappa shape index (κ3) is 4.19. The van der Waals surface area contributed by atoms with Crippen molar-refractivity contribution in [1.29, 1.82) is 0 Å². The number of thiazole rings is 2. The first kappa shape index (κ1) is 21.5. The number of fused-ring (bicyclic) bond motifs is 2. The van der Waals surface area contributed by atoms with Gasteiger partial charge in [0.15, 0.2) is 5.13 Å². The number of nitrogens with zero attached hydrogens (tertiary/aromatic N) is 3. The Balaban J connectivity index is 1.30. The van der Waals surface area contributed by atoms with Gasteiger partial charge in [0.1, 0.15) is 0 Å². The van der Waals surface area contributed by atoms with E-state index in [1.807, 2.05) is 25.1 Å². The van der Waals surface area contributed by atoms with E-state index in [1.165, 1.54) is 11.3 Å². The van der Waals surface area contributed by atoms with Crippen molar-refractivity contribution >= 4 is 71.7 Å². The number of aromatic nitrogens is 2. The minimum Gasteiger partial charge on any atom is -0.462 e. The van der Waals surface area contributed by atoms with Crippen LogP contribution in [0.1, 0.15) is 28.7 Å². The summed E-state index contributed by atoms with van der Waals surface area (Å²) in [5.74, 6) is -1.22. The molecule has 1 unspecified atom stereocenters. The van der Waals surface area contributed by atoms with Crippen molar-refractivity contribution in [3.05, 3.63) is 47.0 Å². The molecule has 168 valence electrons. The van der Waals surface area contributed by atoms with Crippen LogP contribution in [0.5, 0.6) is 0 Å². The van der Waals surface area contributed by atoms with Crippen molar-refractivity contribution in [2.45, 2.75) is 20.3 Å². The number of carbonyl (C=O) groups excluding carboxylic acids is 3. The number of nitrogens with one attached hydrogen (secondary N) is 1. The van der Waals surface area contributed by atoms with E-state index in [1.54, 1.807) is 41.4 Å². The summed E-state index contributed by atoms with van der Waals surface area (Å²) in [6.45, 7) is 4.31. The van der Waals surface area contributed by atoms with Gasteiger partial charge >= 0.3 is 5.97 Å². The molecule has 4 aromatic rings. The quantitative estimate of drug-likeness (QED) is 0.425. The van der Waals surface area contributed by atoms with Crippen LogP contribution < -0.4 is 10.2 Å². The third-order valence-electron chi connectivity index (χ3n) is 5.42. The summed E-state index contributed by atoms with van der Waals surface area (Å²) in [6.07, 6.45) is 0.137. The van der Waals surface area contributed by atoms with Crippen molar-refractivity contribution in [3.8, 4) is 0 Å². The molecule has 1 aliphatic rings. The molecule has 1 aliphatic heterocycles. The maximum atomic E-state index is 12.9. The van der Waals surface area contributed by atoms with Gasteiger partial charge < -0.3 is 15.0 Å². The Morgan fingerprint density at radius 3 is 2.79 bits per heavy atom. The molecule has 0 saturated carbocycles. The normalized spacial score (nSPS) is 16.0. The van der Waals surface area contributed by atoms with E-state index < -0.39 is 11.9 Å². The van der Waals surface area contributed by atoms with Crippen LogP contribution in [-0.4, -0.2) is 40.9 Å². The molecule has 1 N–H and O–H groups in total. The molecule has 1 saturated heterocycles. The summed E-state index contributed by atoms with van der Waals surface area (Å²) in [6, 6.07) is 10.8. The standard InChI is InChI=1S/C23H20N4O4S2/c1-3-31-22(30)13-4-6-16-19(8-13)33-23(25-16)26-21(29)14-9-20(28)27(11-14)15-5-7-18-17(10-15)24-12(2)32-18/h4-8,10,14H,3,9,11H2,1-2H3,(H,25,26,29). The molecular formula is C23H20N4O4S2. The van der Waals surface area contributed by atoms with E-state index in [0.29, 0.717) is 29.4 Å². The molecule has 2 aromatic carbocycles. The number of ether oxygens (including phenoxy) is 1. The number of amides is 2. The van der Waals surface area contributed by atoms with Gasteiger partial charge in [-0.25, -0.2) is 14.8 Å². The first-order valence-corrected chi connectivity index (χ1v) is 12.1. The second kappa shape index (κ2) is 8.53. The highest BCUT2D eigenvalue weighted by atomic mass is 32.1. The van der Waals surface area contributed by atoms with Crippen LogP contribution in [-0.2, 0) is 14.3 Å². The highest BCUT2D eigenvalue weighted by Crippen LogP contribution is 2.32. The Kier molecular flexibility index (Phi) is 5.55. The Labute approximate surface area is 197 Å². The second-order valence-electron chi connectivity index (χ2n) is 7.70. The van der Waals surface area contributed by atoms with E-state index in [-0.39, 0.29) is 18.2 Å². The van der Waals surface area contributed by atoms with Crippen LogP contribution in [0, 0.1) is 12.8 Å². The van der Waals surface area contributed by atoms with Crippen LogP contribution in [0.4, 0.5) is 10.8 Å². The smallest absolute Gasteiger partial charge is 0.338 e. The molecule has 0 bridgehead atoms. The number of benzene rings is 2. The van der Waals surface area contributed by atoms with Crippen LogP contribution in [0.3, 0.4) is 0 Å². The topological polar surface area (TPSA) is 101 Å². The van der Waals surface area contributed by atoms with Crippen molar-refractivity contribution in [1.82, 2.24) is 9.97 Å². The highest BCUT2D eigenvalue weighted by molar-refractivity contribution is 7.22. The number of anilines is 2. The van der Waals surface area contributed by atoms with Gasteiger partial charge in [0, 0.05) is 18.7 Å². The van der Waals surface area contributed by atoms with E-state index in [0.717, 1.165) is 25.6 Å². The van der Waals surface area contributed by atoms with Crippen LogP contribution in [0.25, 0.3) is 20.4 Å². The molecule has 2 amide bonds. The number of esters is 1. The summed E-state index contributed by atoms with van der Waals surface area (Å²) in [4.78, 5) is 48.1. The van der Waals surface area contributed by atoms with Gasteiger partial charge in [-0.05, 0) is 50.2 Å². The van der Waals surface area contributed by atoms with Gasteiger partial charge in [0.05, 0.1) is 43.5 Å². The minimum atomic E-state index is -0.479. The summed E-state index contributed by atoms with van der Waals surface area (Å²) in [7, 11) is 0. The average molecular weight is 481 g/mol. The van der Waals surface area contributed by atoms with Gasteiger partial charge in [-0.1, -0.05) is 11.3 Å². The predicted octanol–water partition coefficient (Wildman–Crippen LogP) is 4.38. The molecule has 0 radical (unpaired) electrons. The number of rotatable bonds is 5. The molecular weight excluding hydrogens is 460 g/mol. The Morgan fingerprint density at radius 2 is 1.97 bits per heavy atom. The fourth-order valence-corrected chi connectivity index (χ4v) is 5.57. The lowest BCUT2D eigenvalue weighted by molar-refractivity contribution is -0.122. The zero-order valence-corrected chi connectivity index (χ0v) is 19.6. The molecule has 10 heteroatoms. The van der Waals surface area contributed by atoms with Crippen molar-refractivity contribution in [2.24, 2.45) is 5.92 Å². The molecule has 33 heavy (non-hydrogen) atoms. The molecule has 1 fully saturated rings. The van der Waals surface area contributed by atoms with Gasteiger partial charge in [0.2, 0.25) is 11.8 Å². The maximum absolute atomic E-state index is 12.9. The summed E-state index contributed by atoms with van der Waals surface area (Å²) in [5.41, 5.74) is 2.72. The zero-order valence-electron chi connectivity index (χ0n) is 18.0. The molecule has 0 spiro atoms. The van der Waals surface area contributed by atoms with Crippen LogP contribution >= 0.6 is 22.7 Å². The minimum absolute atomic E-state index is 0.0928. The maximum Gasteiger partial charge on any atom is 0.338 e. The average Bonchev–Trinajstić information content (AvgIpc) is 3.47. The van der Waals surface area contributed by atoms with Gasteiger partial charge in [-0.15, -0.1) is 11.3 Å². The van der Waals surface area contributed by atoms with E-state index in [4.69, 9.17) is 4.74 Å². The van der Waals surface area contributed by atoms with Crippen molar-refractivity contribution < 1.29 is 19.1 Å². The van der Waals surface area contributed by atoms with Gasteiger partial charge in [-0.2, -0.15) is 0 Å². The Morgan fingerprint density at radius 1 is 1.12 bits per heavy atom. The van der Waals surface area contributed by atoms with Gasteiger partial charge in [-0.3, -0.25) is 9.59 Å². The first-order chi connectivity index (χ1) is 15.9. The largest absolute Gasteiger partial charge is 0.462 e. The summed E-state index contributed by atoms with van der Waals surface area (Å²) in [5, 5.41) is 4.24. The Hall–Kier alpha value is -3.37. The second-order valence-corrected chi connectivity index (χ2v) is 9.97. The number of aryl methyl sites for hydroxylation is 1. The lowest BCUT2D eigenvalue weighted by Crippen LogP contribution is -2.28. The molecule has 1 atom stereocenters. The lowest BCUT2D eigenvalue weighted by Gasteiger charge is -2.16. The molecule has 0 aliphatic carbocycles. The van der Waals surface area contributed by atoms with E-state index in [9.17, 15) is 14.4 Å². The fraction of sp³-hybridized carbons (Fsp3) is 0.261. The molecule has 8 nitrogen and oxygen atoms in total. The van der Waals surface area contributed by atoms with E-state index >= 15 is 0 Å². The van der Waals surface area contributed by atoms with Crippen LogP contribution in [0.15, 0.2) is 36.4 Å². The third-order valence-corrected chi connectivity index (χ3v) is 7.30. The van der Waals surface area contributed by atoms with Crippen molar-refractivity contribution in [2.75, 3.05) is 23.4 Å².